The standard InChI is InChI=1S/C11H18N4S/c12-7-3-4-8-14-11(16)15-10-6-2-1-5-9(10)13/h1-2,5-6H,3-4,7-8,12-13H2,(H2,14,15,16). The molecule has 0 unspecified atom stereocenters. The van der Waals surface area contributed by atoms with Gasteiger partial charge in [-0.2, -0.15) is 0 Å². The maximum Gasteiger partial charge on any atom is 0.170 e. The fourth-order valence-corrected chi connectivity index (χ4v) is 1.46. The molecule has 16 heavy (non-hydrogen) atoms. The molecule has 0 aromatic heterocycles. The van der Waals surface area contributed by atoms with Crippen molar-refractivity contribution in [3.05, 3.63) is 24.3 Å². The Balaban J connectivity index is 2.32. The lowest BCUT2D eigenvalue weighted by molar-refractivity contribution is 0.720. The predicted octanol–water partition coefficient (Wildman–Crippen LogP) is 1.29. The number of nitrogens with two attached hydrogens (primary N) is 2. The predicted molar refractivity (Wildman–Crippen MR) is 73.4 cm³/mol. The zero-order chi connectivity index (χ0) is 11.8. The van der Waals surface area contributed by atoms with Gasteiger partial charge in [-0.3, -0.25) is 0 Å². The van der Waals surface area contributed by atoms with Gasteiger partial charge in [-0.25, -0.2) is 0 Å². The van der Waals surface area contributed by atoms with Crippen LogP contribution in [-0.2, 0) is 0 Å². The Bertz CT molecular complexity index is 341. The van der Waals surface area contributed by atoms with Gasteiger partial charge in [0.1, 0.15) is 0 Å². The summed E-state index contributed by atoms with van der Waals surface area (Å²) in [5.74, 6) is 0. The van der Waals surface area contributed by atoms with Crippen molar-refractivity contribution in [1.29, 1.82) is 0 Å². The molecular formula is C11H18N4S. The second-order valence-corrected chi connectivity index (χ2v) is 3.87. The average Bonchev–Trinajstić information content (AvgIpc) is 2.28. The van der Waals surface area contributed by atoms with E-state index in [1.54, 1.807) is 0 Å². The Morgan fingerprint density at radius 2 is 2.00 bits per heavy atom. The van der Waals surface area contributed by atoms with Crippen LogP contribution in [0.2, 0.25) is 0 Å². The van der Waals surface area contributed by atoms with Crippen LogP contribution in [-0.4, -0.2) is 18.2 Å². The molecule has 0 aliphatic rings. The van der Waals surface area contributed by atoms with Gasteiger partial charge in [0.15, 0.2) is 5.11 Å². The van der Waals surface area contributed by atoms with Gasteiger partial charge in [0, 0.05) is 6.54 Å². The highest BCUT2D eigenvalue weighted by Gasteiger charge is 1.99. The smallest absolute Gasteiger partial charge is 0.170 e. The molecule has 0 radical (unpaired) electrons. The number of nitrogen functional groups attached to an aromatic ring is 1. The number of hydrogen-bond acceptors (Lipinski definition) is 3. The van der Waals surface area contributed by atoms with E-state index in [1.807, 2.05) is 24.3 Å². The third kappa shape index (κ3) is 4.46. The van der Waals surface area contributed by atoms with E-state index in [1.165, 1.54) is 0 Å². The summed E-state index contributed by atoms with van der Waals surface area (Å²) in [5, 5.41) is 6.75. The summed E-state index contributed by atoms with van der Waals surface area (Å²) >= 11 is 5.14. The van der Waals surface area contributed by atoms with Crippen LogP contribution < -0.4 is 22.1 Å². The first kappa shape index (κ1) is 12.7. The van der Waals surface area contributed by atoms with Gasteiger partial charge >= 0.3 is 0 Å². The minimum atomic E-state index is 0.593. The molecule has 88 valence electrons. The maximum absolute atomic E-state index is 5.78. The molecule has 6 N–H and O–H groups in total. The van der Waals surface area contributed by atoms with Crippen LogP contribution in [0.5, 0.6) is 0 Å². The Morgan fingerprint density at radius 1 is 1.25 bits per heavy atom. The molecule has 0 saturated carbocycles. The summed E-state index contributed by atoms with van der Waals surface area (Å²) in [7, 11) is 0. The van der Waals surface area contributed by atoms with Crippen LogP contribution in [0, 0.1) is 0 Å². The van der Waals surface area contributed by atoms with Crippen molar-refractivity contribution >= 4 is 28.7 Å². The van der Waals surface area contributed by atoms with Gasteiger partial charge in [0.25, 0.3) is 0 Å². The fraction of sp³-hybridized carbons (Fsp3) is 0.364. The highest BCUT2D eigenvalue weighted by Crippen LogP contribution is 2.16. The summed E-state index contributed by atoms with van der Waals surface area (Å²) in [4.78, 5) is 0. The summed E-state index contributed by atoms with van der Waals surface area (Å²) in [6.45, 7) is 1.54. The van der Waals surface area contributed by atoms with Crippen LogP contribution in [0.3, 0.4) is 0 Å². The number of rotatable bonds is 5. The Labute approximate surface area is 101 Å². The van der Waals surface area contributed by atoms with Crippen molar-refractivity contribution in [2.45, 2.75) is 12.8 Å². The van der Waals surface area contributed by atoms with Crippen molar-refractivity contribution in [3.63, 3.8) is 0 Å². The van der Waals surface area contributed by atoms with Crippen molar-refractivity contribution in [2.75, 3.05) is 24.1 Å². The van der Waals surface area contributed by atoms with Crippen molar-refractivity contribution in [2.24, 2.45) is 5.73 Å². The van der Waals surface area contributed by atoms with E-state index < -0.39 is 0 Å². The van der Waals surface area contributed by atoms with Gasteiger partial charge in [-0.05, 0) is 43.7 Å². The molecule has 1 aromatic carbocycles. The third-order valence-corrected chi connectivity index (χ3v) is 2.37. The molecule has 0 aliphatic heterocycles. The monoisotopic (exact) mass is 238 g/mol. The second kappa shape index (κ2) is 7.03. The number of para-hydroxylation sites is 2. The normalized spacial score (nSPS) is 9.81. The molecule has 0 heterocycles. The molecule has 0 atom stereocenters. The van der Waals surface area contributed by atoms with E-state index in [0.29, 0.717) is 17.3 Å². The van der Waals surface area contributed by atoms with E-state index in [2.05, 4.69) is 10.6 Å². The van der Waals surface area contributed by atoms with E-state index in [-0.39, 0.29) is 0 Å². The minimum Gasteiger partial charge on any atom is -0.397 e. The first-order chi connectivity index (χ1) is 7.74. The van der Waals surface area contributed by atoms with Gasteiger partial charge in [0.05, 0.1) is 11.4 Å². The third-order valence-electron chi connectivity index (χ3n) is 2.13. The second-order valence-electron chi connectivity index (χ2n) is 3.46. The molecule has 0 aliphatic carbocycles. The zero-order valence-electron chi connectivity index (χ0n) is 9.20. The average molecular weight is 238 g/mol. The van der Waals surface area contributed by atoms with Gasteiger partial charge in [-0.1, -0.05) is 12.1 Å². The Kier molecular flexibility index (Phi) is 5.60. The van der Waals surface area contributed by atoms with Crippen molar-refractivity contribution in [3.8, 4) is 0 Å². The summed E-state index contributed by atoms with van der Waals surface area (Å²) < 4.78 is 0. The van der Waals surface area contributed by atoms with Crippen LogP contribution >= 0.6 is 12.2 Å². The molecular weight excluding hydrogens is 220 g/mol. The molecule has 1 aromatic rings. The lowest BCUT2D eigenvalue weighted by atomic mass is 10.3. The number of unbranched alkanes of at least 4 members (excludes halogenated alkanes) is 1. The van der Waals surface area contributed by atoms with E-state index in [0.717, 1.165) is 25.1 Å². The van der Waals surface area contributed by atoms with Crippen LogP contribution in [0.15, 0.2) is 24.3 Å². The molecule has 5 heteroatoms. The van der Waals surface area contributed by atoms with Gasteiger partial charge < -0.3 is 22.1 Å². The summed E-state index contributed by atoms with van der Waals surface area (Å²) in [6, 6.07) is 7.52. The largest absolute Gasteiger partial charge is 0.397 e. The minimum absolute atomic E-state index is 0.593. The fourth-order valence-electron chi connectivity index (χ4n) is 1.25. The zero-order valence-corrected chi connectivity index (χ0v) is 10.0. The Hall–Kier alpha value is -1.33. The van der Waals surface area contributed by atoms with Crippen molar-refractivity contribution in [1.82, 2.24) is 5.32 Å². The molecule has 0 saturated heterocycles. The van der Waals surface area contributed by atoms with Crippen LogP contribution in [0.4, 0.5) is 11.4 Å². The van der Waals surface area contributed by atoms with Crippen LogP contribution in [0.25, 0.3) is 0 Å². The molecule has 0 spiro atoms. The van der Waals surface area contributed by atoms with Crippen molar-refractivity contribution < 1.29 is 0 Å². The first-order valence-electron chi connectivity index (χ1n) is 5.33. The lowest BCUT2D eigenvalue weighted by Gasteiger charge is -2.11. The first-order valence-corrected chi connectivity index (χ1v) is 5.74. The highest BCUT2D eigenvalue weighted by atomic mass is 32.1. The van der Waals surface area contributed by atoms with E-state index >= 15 is 0 Å². The number of benzene rings is 1. The molecule has 0 fully saturated rings. The van der Waals surface area contributed by atoms with Gasteiger partial charge in [0.2, 0.25) is 0 Å². The summed E-state index contributed by atoms with van der Waals surface area (Å²) in [5.41, 5.74) is 12.7. The van der Waals surface area contributed by atoms with Gasteiger partial charge in [-0.15, -0.1) is 0 Å². The molecule has 4 nitrogen and oxygen atoms in total. The van der Waals surface area contributed by atoms with E-state index in [9.17, 15) is 0 Å². The maximum atomic E-state index is 5.78. The molecule has 0 amide bonds. The van der Waals surface area contributed by atoms with Crippen LogP contribution in [0.1, 0.15) is 12.8 Å². The Morgan fingerprint density at radius 3 is 2.69 bits per heavy atom. The van der Waals surface area contributed by atoms with E-state index in [4.69, 9.17) is 23.7 Å². The summed E-state index contributed by atoms with van der Waals surface area (Å²) in [6.07, 6.45) is 2.02. The quantitative estimate of drug-likeness (QED) is 0.353. The molecule has 0 bridgehead atoms. The topological polar surface area (TPSA) is 76.1 Å². The lowest BCUT2D eigenvalue weighted by Crippen LogP contribution is -2.29. The number of hydrogen-bond donors (Lipinski definition) is 4. The number of anilines is 2. The number of nitrogens with one attached hydrogen (secondary N) is 2. The number of thiocarbonyl (C=S) groups is 1. The SMILES string of the molecule is NCCCCNC(=S)Nc1ccccc1N. The molecule has 1 rings (SSSR count). The highest BCUT2D eigenvalue weighted by molar-refractivity contribution is 7.80.